The molecule has 1 N–H and O–H groups in total. The maximum atomic E-state index is 5.45. The summed E-state index contributed by atoms with van der Waals surface area (Å²) in [6.45, 7) is 10.6. The lowest BCUT2D eigenvalue weighted by Crippen LogP contribution is -2.38. The SMILES string of the molecule is CCNC(=NCCc1sc(C)nc1C)N(C)Cc1cc(OC)c(OC)cc1C. The molecule has 6 nitrogen and oxygen atoms in total. The summed E-state index contributed by atoms with van der Waals surface area (Å²) < 4.78 is 10.8. The van der Waals surface area contributed by atoms with E-state index in [1.807, 2.05) is 19.1 Å². The van der Waals surface area contributed by atoms with E-state index in [4.69, 9.17) is 14.5 Å². The molecule has 0 aliphatic carbocycles. The van der Waals surface area contributed by atoms with Crippen molar-refractivity contribution in [3.8, 4) is 11.5 Å². The van der Waals surface area contributed by atoms with E-state index >= 15 is 0 Å². The minimum atomic E-state index is 0.733. The van der Waals surface area contributed by atoms with Crippen LogP contribution in [0.4, 0.5) is 0 Å². The molecule has 154 valence electrons. The molecule has 0 aliphatic heterocycles. The number of guanidine groups is 1. The number of aromatic nitrogens is 1. The average molecular weight is 405 g/mol. The van der Waals surface area contributed by atoms with Gasteiger partial charge in [-0.3, -0.25) is 4.99 Å². The van der Waals surface area contributed by atoms with Crippen molar-refractivity contribution < 1.29 is 9.47 Å². The number of ether oxygens (including phenoxy) is 2. The summed E-state index contributed by atoms with van der Waals surface area (Å²) in [6, 6.07) is 4.05. The van der Waals surface area contributed by atoms with Gasteiger partial charge in [-0.1, -0.05) is 0 Å². The molecule has 0 saturated carbocycles. The normalized spacial score (nSPS) is 11.5. The van der Waals surface area contributed by atoms with Crippen LogP contribution in [0, 0.1) is 20.8 Å². The topological polar surface area (TPSA) is 59.0 Å². The largest absolute Gasteiger partial charge is 0.493 e. The molecule has 7 heteroatoms. The lowest BCUT2D eigenvalue weighted by Gasteiger charge is -2.23. The number of hydrogen-bond acceptors (Lipinski definition) is 5. The van der Waals surface area contributed by atoms with Crippen LogP contribution in [0.15, 0.2) is 17.1 Å². The molecule has 0 fully saturated rings. The lowest BCUT2D eigenvalue weighted by atomic mass is 10.1. The first-order valence-corrected chi connectivity index (χ1v) is 10.3. The zero-order chi connectivity index (χ0) is 20.7. The van der Waals surface area contributed by atoms with Crippen LogP contribution in [-0.2, 0) is 13.0 Å². The highest BCUT2D eigenvalue weighted by atomic mass is 32.1. The Balaban J connectivity index is 2.11. The maximum Gasteiger partial charge on any atom is 0.193 e. The predicted octanol–water partition coefficient (Wildman–Crippen LogP) is 3.73. The van der Waals surface area contributed by atoms with Crippen molar-refractivity contribution in [1.82, 2.24) is 15.2 Å². The molecule has 2 rings (SSSR count). The van der Waals surface area contributed by atoms with Crippen LogP contribution >= 0.6 is 11.3 Å². The Labute approximate surface area is 172 Å². The van der Waals surface area contributed by atoms with Gasteiger partial charge in [-0.05, 0) is 51.0 Å². The highest BCUT2D eigenvalue weighted by Gasteiger charge is 2.13. The Morgan fingerprint density at radius 3 is 2.43 bits per heavy atom. The molecule has 0 amide bonds. The number of nitrogens with zero attached hydrogens (tertiary/aromatic N) is 3. The predicted molar refractivity (Wildman–Crippen MR) is 117 cm³/mol. The monoisotopic (exact) mass is 404 g/mol. The summed E-state index contributed by atoms with van der Waals surface area (Å²) in [5.41, 5.74) is 3.47. The highest BCUT2D eigenvalue weighted by Crippen LogP contribution is 2.30. The molecule has 0 spiro atoms. The van der Waals surface area contributed by atoms with Crippen LogP contribution in [0.1, 0.15) is 33.6 Å². The number of aryl methyl sites for hydroxylation is 3. The Bertz CT molecular complexity index is 817. The Hall–Kier alpha value is -2.28. The smallest absolute Gasteiger partial charge is 0.193 e. The first kappa shape index (κ1) is 22.0. The Kier molecular flexibility index (Phi) is 8.11. The number of benzene rings is 1. The molecular formula is C21H32N4O2S. The summed E-state index contributed by atoms with van der Waals surface area (Å²) in [5, 5.41) is 4.50. The molecule has 0 saturated heterocycles. The van der Waals surface area contributed by atoms with E-state index in [0.29, 0.717) is 0 Å². The standard InChI is InChI=1S/C21H32N4O2S/c1-8-22-21(23-10-9-20-15(3)24-16(4)28-20)25(5)13-17-12-19(27-7)18(26-6)11-14(17)2/h11-12H,8-10,13H2,1-7H3,(H,22,23). The van der Waals surface area contributed by atoms with Gasteiger partial charge in [0.15, 0.2) is 17.5 Å². The van der Waals surface area contributed by atoms with Gasteiger partial charge in [-0.2, -0.15) is 0 Å². The van der Waals surface area contributed by atoms with Crippen LogP contribution in [0.25, 0.3) is 0 Å². The zero-order valence-corrected chi connectivity index (χ0v) is 18.9. The minimum Gasteiger partial charge on any atom is -0.493 e. The highest BCUT2D eigenvalue weighted by molar-refractivity contribution is 7.11. The lowest BCUT2D eigenvalue weighted by molar-refractivity contribution is 0.353. The summed E-state index contributed by atoms with van der Waals surface area (Å²) in [7, 11) is 5.38. The number of rotatable bonds is 8. The van der Waals surface area contributed by atoms with Crippen molar-refractivity contribution in [2.45, 2.75) is 40.7 Å². The average Bonchev–Trinajstić information content (AvgIpc) is 2.99. The molecule has 0 aliphatic rings. The van der Waals surface area contributed by atoms with Gasteiger partial charge in [0, 0.05) is 38.0 Å². The molecule has 28 heavy (non-hydrogen) atoms. The summed E-state index contributed by atoms with van der Waals surface area (Å²) >= 11 is 1.76. The molecule has 1 aromatic carbocycles. The molecular weight excluding hydrogens is 372 g/mol. The van der Waals surface area contributed by atoms with E-state index in [0.717, 1.165) is 59.8 Å². The molecule has 2 aromatic rings. The van der Waals surface area contributed by atoms with Gasteiger partial charge in [0.05, 0.1) is 24.9 Å². The fourth-order valence-corrected chi connectivity index (χ4v) is 3.99. The third kappa shape index (κ3) is 5.61. The number of aliphatic imine (C=N–C) groups is 1. The van der Waals surface area contributed by atoms with Crippen LogP contribution in [0.3, 0.4) is 0 Å². The van der Waals surface area contributed by atoms with Gasteiger partial charge in [-0.25, -0.2) is 4.98 Å². The van der Waals surface area contributed by atoms with E-state index in [1.165, 1.54) is 10.4 Å². The second-order valence-corrected chi connectivity index (χ2v) is 8.00. The number of methoxy groups -OCH3 is 2. The third-order valence-corrected chi connectivity index (χ3v) is 5.68. The van der Waals surface area contributed by atoms with Gasteiger partial charge in [-0.15, -0.1) is 11.3 Å². The molecule has 0 radical (unpaired) electrons. The second-order valence-electron chi connectivity index (χ2n) is 6.72. The van der Waals surface area contributed by atoms with Crippen molar-refractivity contribution in [2.24, 2.45) is 4.99 Å². The van der Waals surface area contributed by atoms with E-state index in [-0.39, 0.29) is 0 Å². The van der Waals surface area contributed by atoms with E-state index < -0.39 is 0 Å². The third-order valence-electron chi connectivity index (χ3n) is 4.55. The molecule has 0 bridgehead atoms. The van der Waals surface area contributed by atoms with Crippen LogP contribution < -0.4 is 14.8 Å². The number of hydrogen-bond donors (Lipinski definition) is 1. The van der Waals surface area contributed by atoms with Crippen molar-refractivity contribution in [3.05, 3.63) is 38.8 Å². The fraction of sp³-hybridized carbons (Fsp3) is 0.524. The molecule has 1 aromatic heterocycles. The van der Waals surface area contributed by atoms with Crippen molar-refractivity contribution in [1.29, 1.82) is 0 Å². The summed E-state index contributed by atoms with van der Waals surface area (Å²) in [5.74, 6) is 2.40. The number of nitrogens with one attached hydrogen (secondary N) is 1. The van der Waals surface area contributed by atoms with Crippen molar-refractivity contribution in [2.75, 3.05) is 34.4 Å². The molecule has 1 heterocycles. The second kappa shape index (κ2) is 10.3. The Morgan fingerprint density at radius 2 is 1.86 bits per heavy atom. The zero-order valence-electron chi connectivity index (χ0n) is 18.0. The quantitative estimate of drug-likeness (QED) is 0.537. The van der Waals surface area contributed by atoms with Crippen LogP contribution in [0.5, 0.6) is 11.5 Å². The van der Waals surface area contributed by atoms with Crippen molar-refractivity contribution in [3.63, 3.8) is 0 Å². The van der Waals surface area contributed by atoms with E-state index in [2.05, 4.69) is 43.0 Å². The van der Waals surface area contributed by atoms with Gasteiger partial charge in [0.25, 0.3) is 0 Å². The van der Waals surface area contributed by atoms with Gasteiger partial charge in [0.1, 0.15) is 0 Å². The molecule has 0 atom stereocenters. The first-order chi connectivity index (χ1) is 13.4. The Morgan fingerprint density at radius 1 is 1.18 bits per heavy atom. The minimum absolute atomic E-state index is 0.733. The number of thiazole rings is 1. The maximum absolute atomic E-state index is 5.45. The van der Waals surface area contributed by atoms with Gasteiger partial charge >= 0.3 is 0 Å². The van der Waals surface area contributed by atoms with Crippen LogP contribution in [-0.4, -0.2) is 50.2 Å². The summed E-state index contributed by atoms with van der Waals surface area (Å²) in [6.07, 6.45) is 0.912. The molecule has 0 unspecified atom stereocenters. The fourth-order valence-electron chi connectivity index (χ4n) is 3.06. The van der Waals surface area contributed by atoms with Gasteiger partial charge < -0.3 is 19.7 Å². The van der Waals surface area contributed by atoms with E-state index in [9.17, 15) is 0 Å². The van der Waals surface area contributed by atoms with Gasteiger partial charge in [0.2, 0.25) is 0 Å². The summed E-state index contributed by atoms with van der Waals surface area (Å²) in [4.78, 5) is 12.8. The van der Waals surface area contributed by atoms with Crippen LogP contribution in [0.2, 0.25) is 0 Å². The van der Waals surface area contributed by atoms with E-state index in [1.54, 1.807) is 25.6 Å². The first-order valence-electron chi connectivity index (χ1n) is 9.53. The van der Waals surface area contributed by atoms with Crippen molar-refractivity contribution >= 4 is 17.3 Å².